The number of ketones is 2. The van der Waals surface area contributed by atoms with Crippen LogP contribution in [0.2, 0.25) is 0 Å². The molecule has 2 aromatic rings. The molecule has 0 fully saturated rings. The molecule has 0 saturated heterocycles. The Balaban J connectivity index is -0.0000000347. The summed E-state index contributed by atoms with van der Waals surface area (Å²) in [6.07, 6.45) is 6.55. The topological polar surface area (TPSA) is 108 Å². The second kappa shape index (κ2) is 92.2. The number of rotatable bonds is 15. The summed E-state index contributed by atoms with van der Waals surface area (Å²) in [5.74, 6) is 0.165. The van der Waals surface area contributed by atoms with Crippen molar-refractivity contribution < 1.29 is 38.4 Å². The van der Waals surface area contributed by atoms with Crippen LogP contribution in [0.3, 0.4) is 0 Å². The predicted molar refractivity (Wildman–Crippen MR) is 281 cm³/mol. The zero-order valence-electron chi connectivity index (χ0n) is 37.8. The van der Waals surface area contributed by atoms with Crippen LogP contribution in [0.15, 0.2) is 73.3 Å². The van der Waals surface area contributed by atoms with Gasteiger partial charge in [-0.3, -0.25) is 9.59 Å². The molecule has 0 radical (unpaired) electrons. The number of hydrogen-bond donors (Lipinski definition) is 1. The Morgan fingerprint density at radius 2 is 1.00 bits per heavy atom. The average Bonchev–Trinajstić information content (AvgIpc) is 3.20. The van der Waals surface area contributed by atoms with Crippen molar-refractivity contribution in [2.45, 2.75) is 207 Å². The normalized spacial score (nSPS) is 8.54. The van der Waals surface area contributed by atoms with E-state index >= 15 is 0 Å². The highest BCUT2D eigenvalue weighted by Crippen LogP contribution is 1.99. The van der Waals surface area contributed by atoms with Crippen molar-refractivity contribution in [2.24, 2.45) is 0 Å². The van der Waals surface area contributed by atoms with Crippen molar-refractivity contribution in [1.82, 2.24) is 0 Å². The number of carbonyl (C=O) groups excluding carboxylic acids is 3. The van der Waals surface area contributed by atoms with Crippen molar-refractivity contribution in [3.05, 3.63) is 84.4 Å². The summed E-state index contributed by atoms with van der Waals surface area (Å²) in [6, 6.07) is 19.7. The fourth-order valence-electron chi connectivity index (χ4n) is 2.70. The van der Waals surface area contributed by atoms with E-state index in [1.54, 1.807) is 26.8 Å². The molecule has 2 rings (SSSR count). The maximum Gasteiger partial charge on any atom is 0.302 e. The molecule has 61 heavy (non-hydrogen) atoms. The summed E-state index contributed by atoms with van der Waals surface area (Å²) in [6.45, 7) is 37.8. The first kappa shape index (κ1) is 97.2. The van der Waals surface area contributed by atoms with Gasteiger partial charge in [-0.05, 0) is 59.4 Å². The van der Waals surface area contributed by atoms with E-state index in [-0.39, 0.29) is 81.7 Å². The molecule has 0 saturated carbocycles. The second-order valence-corrected chi connectivity index (χ2v) is 10.5. The van der Waals surface area contributed by atoms with Gasteiger partial charge in [0.15, 0.2) is 5.78 Å². The Hall–Kier alpha value is -3.17. The summed E-state index contributed by atoms with van der Waals surface area (Å²) in [4.78, 5) is 30.3. The van der Waals surface area contributed by atoms with Crippen LogP contribution in [-0.2, 0) is 35.0 Å². The summed E-state index contributed by atoms with van der Waals surface area (Å²) in [7, 11) is 0. The highest BCUT2D eigenvalue weighted by Gasteiger charge is 2.04. The maximum absolute atomic E-state index is 10.6. The van der Waals surface area contributed by atoms with E-state index in [9.17, 15) is 14.4 Å². The Bertz CT molecular complexity index is 967. The van der Waals surface area contributed by atoms with Crippen LogP contribution < -0.4 is 0 Å². The summed E-state index contributed by atoms with van der Waals surface area (Å²) < 4.78 is 20.0. The van der Waals surface area contributed by atoms with Gasteiger partial charge in [-0.25, -0.2) is 0 Å². The second-order valence-electron chi connectivity index (χ2n) is 10.5. The standard InChI is InChI=1S/C9H18O2.C8H8O.C8H10.C6H14O2.C4H8O2.C4H8O.C3H8.2C2H6.7CH4/c1-4-7-11-9(5-2)8-10-6-3;1-7(9)8-5-3-2-4-6-8;1-2-8-6-4-3-5-7-8;1-3-6(7)5-8-4-2;1-3-6-4(2)5;1-3-4(2)5;1-3-2;2*1-2;;;;;;;/h4,9H,1,5-8H2,2-3H3;2-6H,1H3;3-7H,2H2,1H3;6-7H,3-5H2,1-2H3;3H2,1-2H3;3H2,1-2H3;3H2,1-2H3;2*1-2H3;7*1H4. The van der Waals surface area contributed by atoms with Crippen molar-refractivity contribution in [1.29, 1.82) is 0 Å². The van der Waals surface area contributed by atoms with Gasteiger partial charge in [-0.2, -0.15) is 0 Å². The zero-order chi connectivity index (χ0) is 43.4. The van der Waals surface area contributed by atoms with E-state index in [0.29, 0.717) is 39.5 Å². The Morgan fingerprint density at radius 1 is 0.623 bits per heavy atom. The van der Waals surface area contributed by atoms with Gasteiger partial charge < -0.3 is 28.8 Å². The van der Waals surface area contributed by atoms with Crippen molar-refractivity contribution in [3.8, 4) is 0 Å². The Kier molecular flexibility index (Phi) is 147. The largest absolute Gasteiger partial charge is 0.466 e. The number of esters is 1. The fourth-order valence-corrected chi connectivity index (χ4v) is 2.70. The molecule has 2 aromatic carbocycles. The van der Waals surface area contributed by atoms with Crippen LogP contribution in [-0.4, -0.2) is 74.5 Å². The molecule has 0 aliphatic heterocycles. The van der Waals surface area contributed by atoms with E-state index in [0.717, 1.165) is 31.4 Å². The molecule has 2 atom stereocenters. The van der Waals surface area contributed by atoms with E-state index < -0.39 is 0 Å². The monoisotopic (exact) mass is 879 g/mol. The third-order valence-electron chi connectivity index (χ3n) is 5.68. The van der Waals surface area contributed by atoms with Gasteiger partial charge in [-0.1, -0.05) is 194 Å². The van der Waals surface area contributed by atoms with Gasteiger partial charge in [-0.15, -0.1) is 6.58 Å². The number of aliphatic hydroxyl groups is 1. The first-order chi connectivity index (χ1) is 25.8. The van der Waals surface area contributed by atoms with Gasteiger partial charge in [0.2, 0.25) is 0 Å². The average molecular weight is 879 g/mol. The summed E-state index contributed by atoms with van der Waals surface area (Å²) >= 11 is 0. The molecular formula is C53H114O8. The quantitative estimate of drug-likeness (QED) is 0.107. The number of ether oxygens (including phenoxy) is 4. The van der Waals surface area contributed by atoms with E-state index in [1.165, 1.54) is 18.9 Å². The van der Waals surface area contributed by atoms with Gasteiger partial charge in [0.05, 0.1) is 38.6 Å². The highest BCUT2D eigenvalue weighted by atomic mass is 16.5. The number of aliphatic hydroxyl groups excluding tert-OH is 1. The van der Waals surface area contributed by atoms with Crippen molar-refractivity contribution in [3.63, 3.8) is 0 Å². The molecule has 0 bridgehead atoms. The van der Waals surface area contributed by atoms with Gasteiger partial charge in [0.1, 0.15) is 5.78 Å². The van der Waals surface area contributed by atoms with Crippen LogP contribution in [0.5, 0.6) is 0 Å². The minimum atomic E-state index is -0.269. The summed E-state index contributed by atoms with van der Waals surface area (Å²) in [5.41, 5.74) is 2.19. The zero-order valence-corrected chi connectivity index (χ0v) is 37.8. The lowest BCUT2D eigenvalue weighted by atomic mass is 10.2. The van der Waals surface area contributed by atoms with Crippen molar-refractivity contribution >= 4 is 17.5 Å². The molecule has 0 amide bonds. The number of Topliss-reactive ketones (excluding diaryl/α,β-unsaturated/α-hetero) is 2. The van der Waals surface area contributed by atoms with Crippen LogP contribution >= 0.6 is 0 Å². The molecule has 2 unspecified atom stereocenters. The predicted octanol–water partition coefficient (Wildman–Crippen LogP) is 16.4. The molecule has 0 spiro atoms. The minimum absolute atomic E-state index is 0. The molecule has 0 aliphatic carbocycles. The smallest absolute Gasteiger partial charge is 0.302 e. The van der Waals surface area contributed by atoms with E-state index in [4.69, 9.17) is 19.3 Å². The Labute approximate surface area is 386 Å². The van der Waals surface area contributed by atoms with Crippen molar-refractivity contribution in [2.75, 3.05) is 39.6 Å². The SMILES string of the molecule is C.C.C.C.C.C.C.C=CCOC(CC)COCC.CC.CC.CC(=O)c1ccccc1.CCC.CCC(C)=O.CCOC(C)=O.CCOCC(O)CC.CCc1ccccc1. The maximum atomic E-state index is 10.6. The van der Waals surface area contributed by atoms with Crippen LogP contribution in [0.25, 0.3) is 0 Å². The molecule has 0 aromatic heterocycles. The van der Waals surface area contributed by atoms with E-state index in [2.05, 4.69) is 63.3 Å². The third kappa shape index (κ3) is 108. The van der Waals surface area contributed by atoms with Crippen LogP contribution in [0, 0.1) is 0 Å². The Morgan fingerprint density at radius 3 is 1.21 bits per heavy atom. The molecule has 1 N–H and O–H groups in total. The number of hydrogen-bond acceptors (Lipinski definition) is 8. The lowest BCUT2D eigenvalue weighted by Crippen LogP contribution is -2.18. The molecular weight excluding hydrogens is 765 g/mol. The van der Waals surface area contributed by atoms with Gasteiger partial charge in [0.25, 0.3) is 0 Å². The number of benzene rings is 2. The molecule has 0 aliphatic rings. The summed E-state index contributed by atoms with van der Waals surface area (Å²) in [5, 5.41) is 8.86. The molecule has 0 heterocycles. The van der Waals surface area contributed by atoms with Crippen LogP contribution in [0.1, 0.15) is 204 Å². The number of carbonyl (C=O) groups is 3. The highest BCUT2D eigenvalue weighted by molar-refractivity contribution is 5.93. The van der Waals surface area contributed by atoms with Gasteiger partial charge >= 0.3 is 5.97 Å². The lowest BCUT2D eigenvalue weighted by Gasteiger charge is -2.13. The lowest BCUT2D eigenvalue weighted by molar-refractivity contribution is -0.140. The molecule has 8 nitrogen and oxygen atoms in total. The minimum Gasteiger partial charge on any atom is -0.466 e. The first-order valence-electron chi connectivity index (χ1n) is 20.1. The van der Waals surface area contributed by atoms with Gasteiger partial charge in [0, 0.05) is 32.1 Å². The fraction of sp³-hybridized carbons (Fsp3) is 0.679. The van der Waals surface area contributed by atoms with E-state index in [1.807, 2.05) is 91.8 Å². The molecule has 374 valence electrons. The first-order valence-corrected chi connectivity index (χ1v) is 20.1. The van der Waals surface area contributed by atoms with Crippen LogP contribution in [0.4, 0.5) is 0 Å². The third-order valence-corrected chi connectivity index (χ3v) is 5.68. The number of aryl methyl sites for hydroxylation is 1. The molecule has 8 heteroatoms.